The molecule has 0 fully saturated rings. The molecular weight excluding hydrogens is 106 g/mol. The van der Waals surface area contributed by atoms with Crippen molar-refractivity contribution in [2.45, 2.75) is 6.92 Å². The molecule has 0 atom stereocenters. The summed E-state index contributed by atoms with van der Waals surface area (Å²) in [6.07, 6.45) is 0. The molecule has 0 rings (SSSR count). The molecule has 0 aliphatic heterocycles. The lowest BCUT2D eigenvalue weighted by Crippen LogP contribution is -2.23. The lowest BCUT2D eigenvalue weighted by Gasteiger charge is -1.89. The summed E-state index contributed by atoms with van der Waals surface area (Å²) in [5, 5.41) is 2.58. The molecule has 0 aromatic rings. The fourth-order valence-electron chi connectivity index (χ4n) is 0.285. The highest BCUT2D eigenvalue weighted by Gasteiger charge is 2.03. The van der Waals surface area contributed by atoms with Gasteiger partial charge in [0.05, 0.1) is 6.54 Å². The highest BCUT2D eigenvalue weighted by Crippen LogP contribution is 1.69. The van der Waals surface area contributed by atoms with E-state index in [1.54, 1.807) is 7.05 Å². The molecule has 0 aliphatic rings. The van der Waals surface area contributed by atoms with Crippen LogP contribution in [0, 0.1) is 0 Å². The summed E-state index contributed by atoms with van der Waals surface area (Å²) in [5.41, 5.74) is 0. The van der Waals surface area contributed by atoms with E-state index in [9.17, 15) is 9.59 Å². The van der Waals surface area contributed by atoms with Crippen LogP contribution in [-0.2, 0) is 9.59 Å². The van der Waals surface area contributed by atoms with Gasteiger partial charge in [0.2, 0.25) is 5.78 Å². The second-order valence-electron chi connectivity index (χ2n) is 1.51. The maximum Gasteiger partial charge on any atom is 0.211 e. The monoisotopic (exact) mass is 115 g/mol. The summed E-state index contributed by atoms with van der Waals surface area (Å²) in [5.74, 6) is -0.758. The number of carbonyl (C=O) groups excluding carboxylic acids is 2. The van der Waals surface area contributed by atoms with E-state index in [2.05, 4.69) is 5.32 Å². The topological polar surface area (TPSA) is 46.2 Å². The number of hydrogen-bond acceptors (Lipinski definition) is 3. The van der Waals surface area contributed by atoms with E-state index < -0.39 is 0 Å². The Hall–Kier alpha value is -0.700. The van der Waals surface area contributed by atoms with Gasteiger partial charge >= 0.3 is 0 Å². The van der Waals surface area contributed by atoms with Crippen LogP contribution in [0.5, 0.6) is 0 Å². The van der Waals surface area contributed by atoms with Crippen LogP contribution in [0.2, 0.25) is 0 Å². The molecule has 0 aliphatic carbocycles. The molecule has 8 heavy (non-hydrogen) atoms. The average molecular weight is 115 g/mol. The predicted octanol–water partition coefficient (Wildman–Crippen LogP) is -0.636. The van der Waals surface area contributed by atoms with E-state index in [-0.39, 0.29) is 18.1 Å². The van der Waals surface area contributed by atoms with Crippen LogP contribution in [0.3, 0.4) is 0 Å². The Kier molecular flexibility index (Phi) is 3.03. The Morgan fingerprint density at radius 1 is 1.50 bits per heavy atom. The van der Waals surface area contributed by atoms with Gasteiger partial charge in [0.15, 0.2) is 5.78 Å². The lowest BCUT2D eigenvalue weighted by molar-refractivity contribution is -0.134. The Morgan fingerprint density at radius 3 is 2.12 bits per heavy atom. The van der Waals surface area contributed by atoms with Crippen LogP contribution in [-0.4, -0.2) is 25.2 Å². The van der Waals surface area contributed by atoms with E-state index in [0.29, 0.717) is 0 Å². The summed E-state index contributed by atoms with van der Waals surface area (Å²) >= 11 is 0. The van der Waals surface area contributed by atoms with E-state index in [1.807, 2.05) is 0 Å². The Bertz CT molecular complexity index is 109. The SMILES string of the molecule is CNCC(=O)C(C)=O. The third-order valence-electron chi connectivity index (χ3n) is 0.730. The van der Waals surface area contributed by atoms with Crippen molar-refractivity contribution < 1.29 is 9.59 Å². The number of carbonyl (C=O) groups is 2. The van der Waals surface area contributed by atoms with Crippen molar-refractivity contribution >= 4 is 11.6 Å². The molecule has 0 aromatic carbocycles. The van der Waals surface area contributed by atoms with E-state index >= 15 is 0 Å². The number of rotatable bonds is 3. The number of ketones is 2. The maximum atomic E-state index is 10.3. The number of hydrogen-bond donors (Lipinski definition) is 1. The molecular formula is C5H9NO2. The van der Waals surface area contributed by atoms with Crippen LogP contribution in [0.1, 0.15) is 6.92 Å². The fraction of sp³-hybridized carbons (Fsp3) is 0.600. The first-order chi connectivity index (χ1) is 3.68. The van der Waals surface area contributed by atoms with Gasteiger partial charge in [-0.15, -0.1) is 0 Å². The molecule has 3 heteroatoms. The summed E-state index contributed by atoms with van der Waals surface area (Å²) in [4.78, 5) is 20.5. The highest BCUT2D eigenvalue weighted by atomic mass is 16.2. The Morgan fingerprint density at radius 2 is 2.00 bits per heavy atom. The van der Waals surface area contributed by atoms with E-state index in [1.165, 1.54) is 6.92 Å². The molecule has 3 nitrogen and oxygen atoms in total. The summed E-state index contributed by atoms with van der Waals surface area (Å²) < 4.78 is 0. The number of Topliss-reactive ketones (excluding diaryl/α,β-unsaturated/α-hetero) is 2. The lowest BCUT2D eigenvalue weighted by atomic mass is 10.3. The van der Waals surface area contributed by atoms with Crippen LogP contribution in [0.15, 0.2) is 0 Å². The minimum absolute atomic E-state index is 0.148. The highest BCUT2D eigenvalue weighted by molar-refractivity contribution is 6.37. The van der Waals surface area contributed by atoms with Gasteiger partial charge in [0.1, 0.15) is 0 Å². The molecule has 0 heterocycles. The number of nitrogens with one attached hydrogen (secondary N) is 1. The molecule has 0 radical (unpaired) electrons. The largest absolute Gasteiger partial charge is 0.313 e. The zero-order valence-electron chi connectivity index (χ0n) is 5.02. The smallest absolute Gasteiger partial charge is 0.211 e. The molecule has 1 N–H and O–H groups in total. The normalized spacial score (nSPS) is 8.75. The maximum absolute atomic E-state index is 10.3. The molecule has 46 valence electrons. The van der Waals surface area contributed by atoms with Crippen molar-refractivity contribution in [3.05, 3.63) is 0 Å². The van der Waals surface area contributed by atoms with Crippen molar-refractivity contribution in [1.82, 2.24) is 5.32 Å². The summed E-state index contributed by atoms with van der Waals surface area (Å²) in [6, 6.07) is 0. The van der Waals surface area contributed by atoms with Gasteiger partial charge in [-0.2, -0.15) is 0 Å². The van der Waals surface area contributed by atoms with Gasteiger partial charge < -0.3 is 5.32 Å². The van der Waals surface area contributed by atoms with Crippen LogP contribution >= 0.6 is 0 Å². The molecule has 0 saturated heterocycles. The standard InChI is InChI=1S/C5H9NO2/c1-4(7)5(8)3-6-2/h6H,3H2,1-2H3. The quantitative estimate of drug-likeness (QED) is 0.498. The predicted molar refractivity (Wildman–Crippen MR) is 29.6 cm³/mol. The zero-order valence-corrected chi connectivity index (χ0v) is 5.02. The molecule has 0 unspecified atom stereocenters. The first-order valence-corrected chi connectivity index (χ1v) is 2.37. The van der Waals surface area contributed by atoms with Gasteiger partial charge in [-0.1, -0.05) is 0 Å². The van der Waals surface area contributed by atoms with Gasteiger partial charge in [-0.3, -0.25) is 9.59 Å². The van der Waals surface area contributed by atoms with Gasteiger partial charge in [-0.05, 0) is 7.05 Å². The van der Waals surface area contributed by atoms with E-state index in [0.717, 1.165) is 0 Å². The number of likely N-dealkylation sites (N-methyl/N-ethyl adjacent to an activating group) is 1. The second kappa shape index (κ2) is 3.32. The van der Waals surface area contributed by atoms with Crippen LogP contribution in [0.4, 0.5) is 0 Å². The minimum atomic E-state index is -0.389. The summed E-state index contributed by atoms with van der Waals surface area (Å²) in [7, 11) is 1.63. The second-order valence-corrected chi connectivity index (χ2v) is 1.51. The minimum Gasteiger partial charge on any atom is -0.313 e. The van der Waals surface area contributed by atoms with Crippen molar-refractivity contribution in [3.63, 3.8) is 0 Å². The fourth-order valence-corrected chi connectivity index (χ4v) is 0.285. The molecule has 0 amide bonds. The Labute approximate surface area is 48.1 Å². The first kappa shape index (κ1) is 7.30. The van der Waals surface area contributed by atoms with Crippen molar-refractivity contribution in [1.29, 1.82) is 0 Å². The van der Waals surface area contributed by atoms with Gasteiger partial charge in [-0.25, -0.2) is 0 Å². The van der Waals surface area contributed by atoms with Crippen LogP contribution < -0.4 is 5.32 Å². The molecule has 0 spiro atoms. The van der Waals surface area contributed by atoms with Gasteiger partial charge in [0, 0.05) is 6.92 Å². The molecule has 0 aromatic heterocycles. The molecule has 0 bridgehead atoms. The average Bonchev–Trinajstić information content (AvgIpc) is 1.67. The first-order valence-electron chi connectivity index (χ1n) is 2.37. The third-order valence-corrected chi connectivity index (χ3v) is 0.730. The molecule has 0 saturated carbocycles. The van der Waals surface area contributed by atoms with Crippen molar-refractivity contribution in [3.8, 4) is 0 Å². The van der Waals surface area contributed by atoms with Crippen molar-refractivity contribution in [2.24, 2.45) is 0 Å². The Balaban J connectivity index is 3.49. The van der Waals surface area contributed by atoms with E-state index in [4.69, 9.17) is 0 Å². The third kappa shape index (κ3) is 2.47. The zero-order chi connectivity index (χ0) is 6.57. The van der Waals surface area contributed by atoms with Gasteiger partial charge in [0.25, 0.3) is 0 Å². The van der Waals surface area contributed by atoms with Crippen molar-refractivity contribution in [2.75, 3.05) is 13.6 Å². The summed E-state index contributed by atoms with van der Waals surface area (Å²) in [6.45, 7) is 1.41. The van der Waals surface area contributed by atoms with Crippen LogP contribution in [0.25, 0.3) is 0 Å².